The third kappa shape index (κ3) is 8.86. The number of hydrogen-bond acceptors (Lipinski definition) is 2. The van der Waals surface area contributed by atoms with Crippen LogP contribution in [0, 0.1) is 0 Å². The summed E-state index contributed by atoms with van der Waals surface area (Å²) in [6.07, 6.45) is 12.5. The minimum Gasteiger partial charge on any atom is -0.309 e. The maximum Gasteiger partial charge on any atom is 0.171 e. The van der Waals surface area contributed by atoms with Crippen LogP contribution in [0.25, 0.3) is 33.4 Å². The van der Waals surface area contributed by atoms with Gasteiger partial charge in [0, 0.05) is 31.8 Å². The van der Waals surface area contributed by atoms with Crippen molar-refractivity contribution in [1.29, 1.82) is 0 Å². The largest absolute Gasteiger partial charge is 0.309 e. The normalized spacial score (nSPS) is 12.9. The Kier molecular flexibility index (Phi) is 13.4. The van der Waals surface area contributed by atoms with Gasteiger partial charge in [0.05, 0.1) is 0 Å². The summed E-state index contributed by atoms with van der Waals surface area (Å²) in [4.78, 5) is 0. The molecular weight excluding hydrogens is 870 g/mol. The molecule has 0 N–H and O–H groups in total. The summed E-state index contributed by atoms with van der Waals surface area (Å²) >= 11 is 0. The molecule has 0 amide bonds. The van der Waals surface area contributed by atoms with Crippen molar-refractivity contribution in [2.45, 2.75) is 6.92 Å². The first-order chi connectivity index (χ1) is 32.8. The van der Waals surface area contributed by atoms with Gasteiger partial charge in [0.1, 0.15) is 0 Å². The zero-order valence-electron chi connectivity index (χ0n) is 37.5. The number of rotatable bonds is 14. The Labute approximate surface area is 396 Å². The van der Waals surface area contributed by atoms with Gasteiger partial charge in [-0.15, -0.1) is 0 Å². The topological polar surface area (TPSA) is 34.1 Å². The lowest BCUT2D eigenvalue weighted by Crippen LogP contribution is -2.25. The lowest BCUT2D eigenvalue weighted by Gasteiger charge is -2.26. The van der Waals surface area contributed by atoms with E-state index in [2.05, 4.69) is 134 Å². The highest BCUT2D eigenvalue weighted by Gasteiger charge is 2.31. The van der Waals surface area contributed by atoms with E-state index in [1.54, 1.807) is 6.08 Å². The molecule has 0 aliphatic heterocycles. The van der Waals surface area contributed by atoms with Crippen molar-refractivity contribution >= 4 is 69.9 Å². The molecule has 0 spiro atoms. The second-order valence-electron chi connectivity index (χ2n) is 16.5. The zero-order chi connectivity index (χ0) is 46.3. The van der Waals surface area contributed by atoms with Gasteiger partial charge >= 0.3 is 0 Å². The minimum absolute atomic E-state index is 0.679. The van der Waals surface area contributed by atoms with Crippen LogP contribution in [0.4, 0.5) is 0 Å². The molecule has 0 aromatic heterocycles. The molecule has 9 aromatic rings. The summed E-state index contributed by atoms with van der Waals surface area (Å²) in [5, 5.41) is 8.19. The van der Waals surface area contributed by atoms with Gasteiger partial charge in [-0.2, -0.15) is 0 Å². The molecule has 9 rings (SSSR count). The van der Waals surface area contributed by atoms with Gasteiger partial charge in [0.25, 0.3) is 0 Å². The smallest absolute Gasteiger partial charge is 0.171 e. The number of benzene rings is 9. The standard InChI is InChI=1S/C62H51O2P3/c1-4-6-22-54(5-2)66(63,58-27-16-9-17-28-58)61-41-35-49(36-42-61)52-45-51(48-33-39-57(40-34-48)65(3,55-23-12-7-13-24-55)56-25-14-8-15-26-56)46-53(47-52)50-37-43-62(44-38-50)67(64,59-29-18-10-19-30-59)60-31-20-11-21-32-60/h4-47H,2-3H2,1H3/b6-4-,54-22+. The Bertz CT molecular complexity index is 3100. The van der Waals surface area contributed by atoms with E-state index in [0.29, 0.717) is 5.31 Å². The highest BCUT2D eigenvalue weighted by molar-refractivity contribution is 7.93. The van der Waals surface area contributed by atoms with E-state index >= 15 is 9.13 Å². The van der Waals surface area contributed by atoms with Crippen molar-refractivity contribution < 1.29 is 9.13 Å². The van der Waals surface area contributed by atoms with E-state index in [-0.39, 0.29) is 0 Å². The van der Waals surface area contributed by atoms with E-state index in [1.807, 2.05) is 140 Å². The van der Waals surface area contributed by atoms with Crippen molar-refractivity contribution in [2.24, 2.45) is 0 Å². The predicted molar refractivity (Wildman–Crippen MR) is 294 cm³/mol. The van der Waals surface area contributed by atoms with Crippen LogP contribution in [0.15, 0.2) is 279 Å². The second kappa shape index (κ2) is 19.8. The average Bonchev–Trinajstić information content (AvgIpc) is 3.41. The van der Waals surface area contributed by atoms with Gasteiger partial charge in [0.2, 0.25) is 0 Å². The van der Waals surface area contributed by atoms with Gasteiger partial charge in [-0.1, -0.05) is 262 Å². The van der Waals surface area contributed by atoms with E-state index in [0.717, 1.165) is 59.9 Å². The average molecular weight is 921 g/mol. The molecule has 1 unspecified atom stereocenters. The van der Waals surface area contributed by atoms with E-state index in [1.165, 1.54) is 15.9 Å². The molecule has 0 saturated heterocycles. The minimum atomic E-state index is -3.25. The van der Waals surface area contributed by atoms with Gasteiger partial charge in [-0.3, -0.25) is 0 Å². The SMILES string of the molecule is C=C/C(=C\C=C/C)P(=O)(c1ccccc1)c1ccc(-c2cc(-c3ccc(P(=C)(c4ccccc4)c4ccccc4)cc3)cc(-c3ccc(P(=O)(c4ccccc4)c4ccccc4)cc3)c2)cc1. The van der Waals surface area contributed by atoms with Crippen molar-refractivity contribution in [3.05, 3.63) is 279 Å². The summed E-state index contributed by atoms with van der Waals surface area (Å²) in [5.74, 6) is 0. The summed E-state index contributed by atoms with van der Waals surface area (Å²) < 4.78 is 30.6. The third-order valence-electron chi connectivity index (χ3n) is 12.5. The van der Waals surface area contributed by atoms with Crippen molar-refractivity contribution in [3.63, 3.8) is 0 Å². The zero-order valence-corrected chi connectivity index (χ0v) is 40.2. The molecule has 67 heavy (non-hydrogen) atoms. The first-order valence-corrected chi connectivity index (χ1v) is 27.8. The Morgan fingerprint density at radius 3 is 1.01 bits per heavy atom. The molecule has 326 valence electrons. The Hall–Kier alpha value is -7.04. The quantitative estimate of drug-likeness (QED) is 0.0804. The van der Waals surface area contributed by atoms with Crippen LogP contribution in [0.1, 0.15) is 6.92 Å². The molecule has 2 nitrogen and oxygen atoms in total. The molecule has 0 aliphatic carbocycles. The summed E-state index contributed by atoms with van der Waals surface area (Å²) in [6, 6.07) is 82.6. The molecule has 1 atom stereocenters. The van der Waals surface area contributed by atoms with Crippen LogP contribution >= 0.6 is 21.2 Å². The van der Waals surface area contributed by atoms with Gasteiger partial charge in [0.15, 0.2) is 14.3 Å². The number of allylic oxidation sites excluding steroid dienone is 5. The monoisotopic (exact) mass is 920 g/mol. The van der Waals surface area contributed by atoms with Crippen LogP contribution in [0.3, 0.4) is 0 Å². The van der Waals surface area contributed by atoms with Crippen LogP contribution in [-0.2, 0) is 9.13 Å². The van der Waals surface area contributed by atoms with Gasteiger partial charge in [-0.25, -0.2) is 0 Å². The van der Waals surface area contributed by atoms with Crippen LogP contribution in [-0.4, -0.2) is 6.30 Å². The third-order valence-corrected chi connectivity index (χ3v) is 22.2. The Balaban J connectivity index is 1.17. The van der Waals surface area contributed by atoms with Crippen molar-refractivity contribution in [1.82, 2.24) is 0 Å². The molecule has 5 heteroatoms. The van der Waals surface area contributed by atoms with Crippen LogP contribution < -0.4 is 42.4 Å². The molecule has 0 aliphatic rings. The molecule has 0 radical (unpaired) electrons. The van der Waals surface area contributed by atoms with Gasteiger partial charge < -0.3 is 9.13 Å². The lowest BCUT2D eigenvalue weighted by molar-refractivity contribution is 0.590. The second-order valence-corrected chi connectivity index (χ2v) is 25.2. The maximum atomic E-state index is 15.3. The van der Waals surface area contributed by atoms with Crippen LogP contribution in [0.2, 0.25) is 0 Å². The van der Waals surface area contributed by atoms with Crippen LogP contribution in [0.5, 0.6) is 0 Å². The predicted octanol–water partition coefficient (Wildman–Crippen LogP) is 13.0. The molecule has 0 bridgehead atoms. The maximum absolute atomic E-state index is 15.3. The highest BCUT2D eigenvalue weighted by atomic mass is 31.2. The lowest BCUT2D eigenvalue weighted by atomic mass is 9.93. The van der Waals surface area contributed by atoms with E-state index in [4.69, 9.17) is 6.30 Å². The molecule has 0 fully saturated rings. The highest BCUT2D eigenvalue weighted by Crippen LogP contribution is 2.52. The van der Waals surface area contributed by atoms with E-state index in [9.17, 15) is 0 Å². The fraction of sp³-hybridized carbons (Fsp3) is 0.0161. The fourth-order valence-corrected chi connectivity index (χ4v) is 17.1. The first-order valence-electron chi connectivity index (χ1n) is 22.4. The molecule has 0 heterocycles. The fourth-order valence-electron chi connectivity index (χ4n) is 8.88. The summed E-state index contributed by atoms with van der Waals surface area (Å²) in [5.41, 5.74) is 6.16. The Morgan fingerprint density at radius 2 is 0.657 bits per heavy atom. The van der Waals surface area contributed by atoms with Crippen molar-refractivity contribution in [3.8, 4) is 33.4 Å². The Morgan fingerprint density at radius 1 is 0.373 bits per heavy atom. The van der Waals surface area contributed by atoms with Crippen molar-refractivity contribution in [2.75, 3.05) is 0 Å². The van der Waals surface area contributed by atoms with Gasteiger partial charge in [-0.05, 0) is 81.3 Å². The van der Waals surface area contributed by atoms with E-state index < -0.39 is 21.2 Å². The summed E-state index contributed by atoms with van der Waals surface area (Å²) in [7, 11) is -6.41. The molecule has 0 saturated carbocycles. The summed E-state index contributed by atoms with van der Waals surface area (Å²) in [6.45, 7) is 3.85. The molecular formula is C62H51O2P3. The molecule has 9 aromatic carbocycles. The number of hydrogen-bond donors (Lipinski definition) is 0. The first kappa shape index (κ1) is 45.1.